The molecule has 3 nitrogen and oxygen atoms in total. The molecular formula is C26H21NO2S. The second-order valence-corrected chi connectivity index (χ2v) is 8.19. The molecule has 0 aliphatic carbocycles. The number of benzene rings is 3. The van der Waals surface area contributed by atoms with Gasteiger partial charge in [0.1, 0.15) is 18.2 Å². The van der Waals surface area contributed by atoms with Gasteiger partial charge in [-0.3, -0.25) is 0 Å². The van der Waals surface area contributed by atoms with Crippen molar-refractivity contribution < 1.29 is 9.84 Å². The minimum atomic E-state index is -1.30. The van der Waals surface area contributed by atoms with Gasteiger partial charge in [0.2, 0.25) is 5.90 Å². The van der Waals surface area contributed by atoms with Gasteiger partial charge in [0.15, 0.2) is 0 Å². The SMILES string of the molecule is OC(c1ccccc1)(c1ccccc1)c1ccsc1C1=N[C@@H](c2ccccc2)CO1. The van der Waals surface area contributed by atoms with Gasteiger partial charge in [-0.05, 0) is 28.1 Å². The normalized spacial score (nSPS) is 16.2. The van der Waals surface area contributed by atoms with E-state index in [9.17, 15) is 5.11 Å². The first-order chi connectivity index (χ1) is 14.8. The van der Waals surface area contributed by atoms with Gasteiger partial charge in [-0.1, -0.05) is 91.0 Å². The third kappa shape index (κ3) is 3.24. The van der Waals surface area contributed by atoms with Crippen LogP contribution in [0.3, 0.4) is 0 Å². The molecule has 0 spiro atoms. The molecule has 1 N–H and O–H groups in total. The monoisotopic (exact) mass is 411 g/mol. The van der Waals surface area contributed by atoms with E-state index in [0.29, 0.717) is 12.5 Å². The summed E-state index contributed by atoms with van der Waals surface area (Å²) < 4.78 is 6.02. The molecule has 1 aliphatic heterocycles. The summed E-state index contributed by atoms with van der Waals surface area (Å²) in [5.41, 5.74) is 2.25. The van der Waals surface area contributed by atoms with Crippen LogP contribution in [0.25, 0.3) is 0 Å². The molecule has 2 heterocycles. The lowest BCUT2D eigenvalue weighted by Crippen LogP contribution is -2.30. The minimum Gasteiger partial charge on any atom is -0.474 e. The summed E-state index contributed by atoms with van der Waals surface area (Å²) in [6.07, 6.45) is 0. The van der Waals surface area contributed by atoms with Crippen molar-refractivity contribution in [2.45, 2.75) is 11.6 Å². The van der Waals surface area contributed by atoms with Crippen LogP contribution in [0.2, 0.25) is 0 Å². The summed E-state index contributed by atoms with van der Waals surface area (Å²) in [6.45, 7) is 0.506. The van der Waals surface area contributed by atoms with Crippen LogP contribution in [0, 0.1) is 0 Å². The quantitative estimate of drug-likeness (QED) is 0.468. The highest BCUT2D eigenvalue weighted by molar-refractivity contribution is 7.12. The fraction of sp³-hybridized carbons (Fsp3) is 0.115. The van der Waals surface area contributed by atoms with E-state index >= 15 is 0 Å². The highest BCUT2D eigenvalue weighted by Gasteiger charge is 2.38. The Kier molecular flexibility index (Phi) is 4.95. The number of aliphatic imine (C=N–C) groups is 1. The highest BCUT2D eigenvalue weighted by atomic mass is 32.1. The van der Waals surface area contributed by atoms with Crippen LogP contribution in [0.4, 0.5) is 0 Å². The first-order valence-corrected chi connectivity index (χ1v) is 10.8. The average molecular weight is 412 g/mol. The van der Waals surface area contributed by atoms with Crippen molar-refractivity contribution in [2.24, 2.45) is 4.99 Å². The first kappa shape index (κ1) is 18.8. The predicted octanol–water partition coefficient (Wildman–Crippen LogP) is 5.55. The Bertz CT molecular complexity index is 1110. The third-order valence-electron chi connectivity index (χ3n) is 5.47. The molecule has 0 bridgehead atoms. The highest BCUT2D eigenvalue weighted by Crippen LogP contribution is 2.41. The van der Waals surface area contributed by atoms with E-state index in [0.717, 1.165) is 27.1 Å². The molecule has 148 valence electrons. The number of aliphatic hydroxyl groups is 1. The zero-order valence-corrected chi connectivity index (χ0v) is 17.1. The van der Waals surface area contributed by atoms with Crippen molar-refractivity contribution in [1.29, 1.82) is 0 Å². The standard InChI is InChI=1S/C26H21NO2S/c28-26(20-12-6-2-7-13-20,21-14-8-3-9-15-21)22-16-17-30-24(22)25-27-23(18-29-25)19-10-4-1-5-11-19/h1-17,23,28H,18H2/t23-/m1/s1. The second-order valence-electron chi connectivity index (χ2n) is 7.28. The van der Waals surface area contributed by atoms with Gasteiger partial charge in [-0.25, -0.2) is 4.99 Å². The van der Waals surface area contributed by atoms with E-state index in [1.807, 2.05) is 90.3 Å². The van der Waals surface area contributed by atoms with Gasteiger partial charge in [-0.15, -0.1) is 11.3 Å². The Morgan fingerprint density at radius 1 is 0.800 bits per heavy atom. The topological polar surface area (TPSA) is 41.8 Å². The van der Waals surface area contributed by atoms with E-state index in [1.54, 1.807) is 11.3 Å². The smallest absolute Gasteiger partial charge is 0.227 e. The zero-order chi connectivity index (χ0) is 20.4. The fourth-order valence-corrected chi connectivity index (χ4v) is 4.84. The average Bonchev–Trinajstić information content (AvgIpc) is 3.50. The fourth-order valence-electron chi connectivity index (χ4n) is 3.94. The number of ether oxygens (including phenoxy) is 1. The number of hydrogen-bond donors (Lipinski definition) is 1. The Labute approximate surface area is 180 Å². The third-order valence-corrected chi connectivity index (χ3v) is 6.37. The van der Waals surface area contributed by atoms with Crippen molar-refractivity contribution in [1.82, 2.24) is 0 Å². The van der Waals surface area contributed by atoms with Gasteiger partial charge in [0.05, 0.1) is 4.88 Å². The molecule has 0 saturated carbocycles. The van der Waals surface area contributed by atoms with E-state index < -0.39 is 5.60 Å². The summed E-state index contributed by atoms with van der Waals surface area (Å²) in [5.74, 6) is 0.596. The first-order valence-electron chi connectivity index (χ1n) is 9.94. The number of nitrogens with zero attached hydrogens (tertiary/aromatic N) is 1. The molecule has 3 aromatic carbocycles. The number of hydrogen-bond acceptors (Lipinski definition) is 4. The van der Waals surface area contributed by atoms with Gasteiger partial charge in [-0.2, -0.15) is 0 Å². The lowest BCUT2D eigenvalue weighted by atomic mass is 9.80. The Morgan fingerprint density at radius 3 is 1.97 bits per heavy atom. The lowest BCUT2D eigenvalue weighted by Gasteiger charge is -2.30. The van der Waals surface area contributed by atoms with Crippen molar-refractivity contribution >= 4 is 17.2 Å². The Morgan fingerprint density at radius 2 is 1.37 bits per heavy atom. The lowest BCUT2D eigenvalue weighted by molar-refractivity contribution is 0.126. The largest absolute Gasteiger partial charge is 0.474 e. The van der Waals surface area contributed by atoms with Crippen LogP contribution >= 0.6 is 11.3 Å². The summed E-state index contributed by atoms with van der Waals surface area (Å²) in [6, 6.07) is 31.7. The van der Waals surface area contributed by atoms with E-state index in [1.165, 1.54) is 0 Å². The van der Waals surface area contributed by atoms with E-state index in [4.69, 9.17) is 9.73 Å². The van der Waals surface area contributed by atoms with Gasteiger partial charge in [0.25, 0.3) is 0 Å². The molecule has 4 heteroatoms. The molecule has 1 aliphatic rings. The van der Waals surface area contributed by atoms with Crippen molar-refractivity contribution in [2.75, 3.05) is 6.61 Å². The summed E-state index contributed by atoms with van der Waals surface area (Å²) in [4.78, 5) is 5.72. The molecule has 30 heavy (non-hydrogen) atoms. The number of thiophene rings is 1. The summed E-state index contributed by atoms with van der Waals surface area (Å²) >= 11 is 1.54. The van der Waals surface area contributed by atoms with Crippen molar-refractivity contribution in [3.63, 3.8) is 0 Å². The summed E-state index contributed by atoms with van der Waals surface area (Å²) in [5, 5.41) is 14.1. The Hall–Kier alpha value is -3.21. The molecule has 0 saturated heterocycles. The van der Waals surface area contributed by atoms with Crippen molar-refractivity contribution in [3.05, 3.63) is 130 Å². The van der Waals surface area contributed by atoms with Crippen LogP contribution in [0.5, 0.6) is 0 Å². The summed E-state index contributed by atoms with van der Waals surface area (Å²) in [7, 11) is 0. The molecule has 1 atom stereocenters. The van der Waals surface area contributed by atoms with Crippen LogP contribution in [-0.4, -0.2) is 17.6 Å². The van der Waals surface area contributed by atoms with Crippen molar-refractivity contribution in [3.8, 4) is 0 Å². The maximum atomic E-state index is 12.1. The molecule has 0 amide bonds. The van der Waals surface area contributed by atoms with E-state index in [-0.39, 0.29) is 6.04 Å². The molecule has 1 aromatic heterocycles. The maximum Gasteiger partial charge on any atom is 0.227 e. The van der Waals surface area contributed by atoms with Crippen LogP contribution in [0.15, 0.2) is 107 Å². The molecule has 4 aromatic rings. The van der Waals surface area contributed by atoms with E-state index in [2.05, 4.69) is 12.1 Å². The van der Waals surface area contributed by atoms with Gasteiger partial charge in [0, 0.05) is 5.56 Å². The van der Waals surface area contributed by atoms with Crippen LogP contribution in [0.1, 0.15) is 33.2 Å². The zero-order valence-electron chi connectivity index (χ0n) is 16.3. The maximum absolute atomic E-state index is 12.1. The molecule has 0 unspecified atom stereocenters. The Balaban J connectivity index is 1.62. The number of rotatable bonds is 5. The van der Waals surface area contributed by atoms with Crippen LogP contribution in [-0.2, 0) is 10.3 Å². The predicted molar refractivity (Wildman–Crippen MR) is 121 cm³/mol. The minimum absolute atomic E-state index is 0.0299. The second kappa shape index (κ2) is 7.90. The molecule has 0 radical (unpaired) electrons. The van der Waals surface area contributed by atoms with Gasteiger partial charge < -0.3 is 9.84 Å². The van der Waals surface area contributed by atoms with Gasteiger partial charge >= 0.3 is 0 Å². The molecule has 5 rings (SSSR count). The molecule has 0 fully saturated rings. The van der Waals surface area contributed by atoms with Crippen LogP contribution < -0.4 is 0 Å². The molecular weight excluding hydrogens is 390 g/mol.